The van der Waals surface area contributed by atoms with Crippen molar-refractivity contribution in [1.82, 2.24) is 0 Å². The molecule has 2 N–H and O–H groups in total. The molecule has 98 valence electrons. The van der Waals surface area contributed by atoms with Crippen LogP contribution < -0.4 is 10.5 Å². The quantitative estimate of drug-likeness (QED) is 0.823. The van der Waals surface area contributed by atoms with E-state index in [1.165, 1.54) is 0 Å². The first-order chi connectivity index (χ1) is 9.13. The second-order valence-electron chi connectivity index (χ2n) is 4.69. The molecule has 1 unspecified atom stereocenters. The van der Waals surface area contributed by atoms with Crippen molar-refractivity contribution in [2.45, 2.75) is 18.6 Å². The van der Waals surface area contributed by atoms with Crippen LogP contribution in [-0.2, 0) is 0 Å². The van der Waals surface area contributed by atoms with E-state index in [2.05, 4.69) is 15.9 Å². The van der Waals surface area contributed by atoms with Crippen LogP contribution >= 0.6 is 27.5 Å². The molecular formula is C15H13BrClNO. The second-order valence-corrected chi connectivity index (χ2v) is 6.04. The molecule has 4 heteroatoms. The zero-order valence-corrected chi connectivity index (χ0v) is 12.5. The Balaban J connectivity index is 1.95. The molecular weight excluding hydrogens is 326 g/mol. The Morgan fingerprint density at radius 3 is 2.84 bits per heavy atom. The number of rotatable bonds is 1. The summed E-state index contributed by atoms with van der Waals surface area (Å²) in [7, 11) is 0. The van der Waals surface area contributed by atoms with Crippen LogP contribution in [0.3, 0.4) is 0 Å². The molecule has 0 saturated heterocycles. The van der Waals surface area contributed by atoms with Gasteiger partial charge in [0, 0.05) is 27.5 Å². The molecule has 2 aromatic rings. The fourth-order valence-electron chi connectivity index (χ4n) is 2.39. The molecule has 0 bridgehead atoms. The van der Waals surface area contributed by atoms with Gasteiger partial charge in [0.15, 0.2) is 0 Å². The Labute approximate surface area is 125 Å². The highest BCUT2D eigenvalue weighted by Gasteiger charge is 2.27. The van der Waals surface area contributed by atoms with Gasteiger partial charge in [0.1, 0.15) is 11.9 Å². The number of halogens is 2. The first-order valence-electron chi connectivity index (χ1n) is 6.10. The van der Waals surface area contributed by atoms with Gasteiger partial charge in [-0.25, -0.2) is 0 Å². The van der Waals surface area contributed by atoms with Crippen LogP contribution in [0.2, 0.25) is 5.02 Å². The average Bonchev–Trinajstić information content (AvgIpc) is 2.39. The summed E-state index contributed by atoms with van der Waals surface area (Å²) in [5, 5.41) is 0.719. The maximum atomic E-state index is 6.25. The predicted octanol–water partition coefficient (Wildman–Crippen LogP) is 4.63. The van der Waals surface area contributed by atoms with Crippen LogP contribution in [0.5, 0.6) is 5.75 Å². The van der Waals surface area contributed by atoms with Gasteiger partial charge in [0.05, 0.1) is 0 Å². The number of hydrogen-bond acceptors (Lipinski definition) is 2. The molecule has 2 nitrogen and oxygen atoms in total. The lowest BCUT2D eigenvalue weighted by Gasteiger charge is -2.30. The van der Waals surface area contributed by atoms with E-state index < -0.39 is 0 Å². The summed E-state index contributed by atoms with van der Waals surface area (Å²) in [4.78, 5) is 0. The number of ether oxygens (including phenoxy) is 1. The van der Waals surface area contributed by atoms with Gasteiger partial charge in [-0.15, -0.1) is 0 Å². The lowest BCUT2D eigenvalue weighted by atomic mass is 9.94. The van der Waals surface area contributed by atoms with Gasteiger partial charge in [-0.1, -0.05) is 39.7 Å². The van der Waals surface area contributed by atoms with E-state index in [4.69, 9.17) is 22.1 Å². The van der Waals surface area contributed by atoms with E-state index in [1.807, 2.05) is 42.5 Å². The Bertz CT molecular complexity index is 617. The minimum atomic E-state index is -0.0395. The van der Waals surface area contributed by atoms with Crippen molar-refractivity contribution in [3.63, 3.8) is 0 Å². The number of hydrogen-bond donors (Lipinski definition) is 1. The van der Waals surface area contributed by atoms with Crippen molar-refractivity contribution < 1.29 is 4.74 Å². The van der Waals surface area contributed by atoms with E-state index >= 15 is 0 Å². The van der Waals surface area contributed by atoms with Gasteiger partial charge in [-0.3, -0.25) is 0 Å². The molecule has 0 amide bonds. The molecule has 1 heterocycles. The molecule has 3 rings (SSSR count). The molecule has 1 aliphatic heterocycles. The second kappa shape index (κ2) is 5.16. The molecule has 0 spiro atoms. The highest BCUT2D eigenvalue weighted by atomic mass is 79.9. The van der Waals surface area contributed by atoms with Crippen LogP contribution in [0.4, 0.5) is 0 Å². The van der Waals surface area contributed by atoms with E-state index in [9.17, 15) is 0 Å². The Morgan fingerprint density at radius 2 is 2.05 bits per heavy atom. The van der Waals surface area contributed by atoms with E-state index in [0.29, 0.717) is 0 Å². The van der Waals surface area contributed by atoms with Crippen LogP contribution in [0.25, 0.3) is 0 Å². The van der Waals surface area contributed by atoms with Crippen LogP contribution in [0, 0.1) is 0 Å². The molecule has 0 aliphatic carbocycles. The maximum Gasteiger partial charge on any atom is 0.126 e. The summed E-state index contributed by atoms with van der Waals surface area (Å²) < 4.78 is 7.06. The first-order valence-corrected chi connectivity index (χ1v) is 7.28. The zero-order valence-electron chi connectivity index (χ0n) is 10.1. The maximum absolute atomic E-state index is 6.25. The standard InChI is InChI=1S/C15H13BrClNO/c16-10-4-5-14-12(7-10)13(18)8-15(19-14)9-2-1-3-11(17)6-9/h1-7,13,15H,8,18H2/t13-,15?/m1/s1. The third-order valence-electron chi connectivity index (χ3n) is 3.33. The minimum absolute atomic E-state index is 0.0229. The van der Waals surface area contributed by atoms with Gasteiger partial charge in [0.25, 0.3) is 0 Å². The predicted molar refractivity (Wildman–Crippen MR) is 80.5 cm³/mol. The third-order valence-corrected chi connectivity index (χ3v) is 4.06. The Hall–Kier alpha value is -1.03. The van der Waals surface area contributed by atoms with Crippen LogP contribution in [-0.4, -0.2) is 0 Å². The molecule has 0 fully saturated rings. The van der Waals surface area contributed by atoms with Crippen molar-refractivity contribution >= 4 is 27.5 Å². The Morgan fingerprint density at radius 1 is 1.21 bits per heavy atom. The normalized spacial score (nSPS) is 21.6. The average molecular weight is 339 g/mol. The summed E-state index contributed by atoms with van der Waals surface area (Å²) >= 11 is 9.49. The molecule has 0 aromatic heterocycles. The van der Waals surface area contributed by atoms with Gasteiger partial charge < -0.3 is 10.5 Å². The highest BCUT2D eigenvalue weighted by Crippen LogP contribution is 2.40. The van der Waals surface area contributed by atoms with Gasteiger partial charge in [-0.2, -0.15) is 0 Å². The van der Waals surface area contributed by atoms with E-state index in [1.54, 1.807) is 0 Å². The summed E-state index contributed by atoms with van der Waals surface area (Å²) in [6, 6.07) is 13.7. The summed E-state index contributed by atoms with van der Waals surface area (Å²) in [5.41, 5.74) is 8.36. The van der Waals surface area contributed by atoms with Crippen LogP contribution in [0.15, 0.2) is 46.9 Å². The first kappa shape index (κ1) is 13.0. The minimum Gasteiger partial charge on any atom is -0.485 e. The highest BCUT2D eigenvalue weighted by molar-refractivity contribution is 9.10. The topological polar surface area (TPSA) is 35.2 Å². The molecule has 1 aliphatic rings. The fourth-order valence-corrected chi connectivity index (χ4v) is 2.96. The molecule has 0 saturated carbocycles. The van der Waals surface area contributed by atoms with E-state index in [-0.39, 0.29) is 12.1 Å². The van der Waals surface area contributed by atoms with E-state index in [0.717, 1.165) is 32.8 Å². The summed E-state index contributed by atoms with van der Waals surface area (Å²) in [5.74, 6) is 0.854. The number of fused-ring (bicyclic) bond motifs is 1. The largest absolute Gasteiger partial charge is 0.485 e. The fraction of sp³-hybridized carbons (Fsp3) is 0.200. The lowest BCUT2D eigenvalue weighted by molar-refractivity contribution is 0.161. The molecule has 2 atom stereocenters. The van der Waals surface area contributed by atoms with Crippen molar-refractivity contribution in [2.24, 2.45) is 5.73 Å². The van der Waals surface area contributed by atoms with Crippen molar-refractivity contribution in [3.05, 3.63) is 63.1 Å². The van der Waals surface area contributed by atoms with Crippen molar-refractivity contribution in [2.75, 3.05) is 0 Å². The molecule has 19 heavy (non-hydrogen) atoms. The number of benzene rings is 2. The number of nitrogens with two attached hydrogens (primary N) is 1. The van der Waals surface area contributed by atoms with Crippen molar-refractivity contribution in [1.29, 1.82) is 0 Å². The Kier molecular flexibility index (Phi) is 3.52. The molecule has 0 radical (unpaired) electrons. The summed E-state index contributed by atoms with van der Waals surface area (Å²) in [6.07, 6.45) is 0.714. The summed E-state index contributed by atoms with van der Waals surface area (Å²) in [6.45, 7) is 0. The van der Waals surface area contributed by atoms with Gasteiger partial charge in [-0.05, 0) is 35.9 Å². The van der Waals surface area contributed by atoms with Gasteiger partial charge >= 0.3 is 0 Å². The SMILES string of the molecule is N[C@@H]1CC(c2cccc(Cl)c2)Oc2ccc(Br)cc21. The smallest absolute Gasteiger partial charge is 0.126 e. The third kappa shape index (κ3) is 2.64. The zero-order chi connectivity index (χ0) is 13.4. The molecule has 2 aromatic carbocycles. The van der Waals surface area contributed by atoms with Crippen LogP contribution in [0.1, 0.15) is 29.7 Å². The monoisotopic (exact) mass is 337 g/mol. The van der Waals surface area contributed by atoms with Gasteiger partial charge in [0.2, 0.25) is 0 Å². The van der Waals surface area contributed by atoms with Crippen molar-refractivity contribution in [3.8, 4) is 5.75 Å². The lowest BCUT2D eigenvalue weighted by Crippen LogP contribution is -2.24.